The first-order valence-electron chi connectivity index (χ1n) is 1.76. The predicted molar refractivity (Wildman–Crippen MR) is 33.8 cm³/mol. The average Bonchev–Trinajstić information content (AvgIpc) is 1.41. The van der Waals surface area contributed by atoms with Crippen molar-refractivity contribution < 1.29 is 19.5 Å². The van der Waals surface area contributed by atoms with E-state index in [4.69, 9.17) is 0 Å². The van der Waals surface area contributed by atoms with Crippen molar-refractivity contribution in [3.8, 4) is 0 Å². The standard InChI is InChI=1S/C4H8.CH4S.Ru/c1-4(2)3;1-2;/h1H2,2-3H3;2H,1H3;/q;;+1/p-1. The number of rotatable bonds is 0. The maximum atomic E-state index is 4.08. The van der Waals surface area contributed by atoms with E-state index in [9.17, 15) is 0 Å². The molecule has 7 heavy (non-hydrogen) atoms. The summed E-state index contributed by atoms with van der Waals surface area (Å²) in [6.07, 6.45) is 1.58. The summed E-state index contributed by atoms with van der Waals surface area (Å²) in [5, 5.41) is 0. The second-order valence-corrected chi connectivity index (χ2v) is 1.21. The topological polar surface area (TPSA) is 0 Å². The second-order valence-electron chi connectivity index (χ2n) is 1.21. The zero-order valence-corrected chi connectivity index (χ0v) is 7.52. The van der Waals surface area contributed by atoms with Gasteiger partial charge in [-0.2, -0.15) is 6.26 Å². The SMILES string of the molecule is C=C(C)C.C[S-].[Ru+]. The summed E-state index contributed by atoms with van der Waals surface area (Å²) in [6, 6.07) is 0. The summed E-state index contributed by atoms with van der Waals surface area (Å²) in [5.41, 5.74) is 1.17. The van der Waals surface area contributed by atoms with Gasteiger partial charge in [-0.15, -0.1) is 6.58 Å². The molecule has 0 atom stereocenters. The molecular formula is C5H11RuS. The first-order chi connectivity index (χ1) is 2.73. The van der Waals surface area contributed by atoms with Crippen LogP contribution in [0.2, 0.25) is 0 Å². The van der Waals surface area contributed by atoms with Crippen LogP contribution in [0.3, 0.4) is 0 Å². The molecule has 1 radical (unpaired) electrons. The van der Waals surface area contributed by atoms with E-state index < -0.39 is 0 Å². The van der Waals surface area contributed by atoms with Gasteiger partial charge < -0.3 is 12.6 Å². The largest absolute Gasteiger partial charge is 1.00 e. The van der Waals surface area contributed by atoms with Crippen molar-refractivity contribution in [1.82, 2.24) is 0 Å². The Morgan fingerprint density at radius 3 is 1.29 bits per heavy atom. The average molecular weight is 204 g/mol. The quantitative estimate of drug-likeness (QED) is 0.329. The van der Waals surface area contributed by atoms with Crippen LogP contribution >= 0.6 is 0 Å². The molecule has 0 amide bonds. The minimum atomic E-state index is 0. The van der Waals surface area contributed by atoms with Crippen LogP contribution in [0.4, 0.5) is 0 Å². The molecule has 0 saturated carbocycles. The number of hydrogen-bond acceptors (Lipinski definition) is 1. The Balaban J connectivity index is -0.0000000480. The van der Waals surface area contributed by atoms with Crippen LogP contribution < -0.4 is 0 Å². The Hall–Kier alpha value is 0.713. The van der Waals surface area contributed by atoms with Gasteiger partial charge in [-0.3, -0.25) is 0 Å². The van der Waals surface area contributed by atoms with Crippen molar-refractivity contribution in [2.24, 2.45) is 0 Å². The third-order valence-electron chi connectivity index (χ3n) is 0. The molecule has 0 aliphatic heterocycles. The Morgan fingerprint density at radius 1 is 1.29 bits per heavy atom. The van der Waals surface area contributed by atoms with Gasteiger partial charge in [-0.25, -0.2) is 0 Å². The van der Waals surface area contributed by atoms with Crippen LogP contribution in [-0.2, 0) is 32.1 Å². The van der Waals surface area contributed by atoms with Crippen LogP contribution in [0.15, 0.2) is 12.2 Å². The zero-order valence-electron chi connectivity index (χ0n) is 4.97. The molecule has 0 aromatic rings. The van der Waals surface area contributed by atoms with Crippen molar-refractivity contribution in [1.29, 1.82) is 0 Å². The van der Waals surface area contributed by atoms with Gasteiger partial charge in [0.2, 0.25) is 0 Å². The third-order valence-corrected chi connectivity index (χ3v) is 0. The Kier molecular flexibility index (Phi) is 35.5. The van der Waals surface area contributed by atoms with Gasteiger partial charge in [0.15, 0.2) is 0 Å². The van der Waals surface area contributed by atoms with Gasteiger partial charge in [0.1, 0.15) is 0 Å². The van der Waals surface area contributed by atoms with Crippen molar-refractivity contribution in [2.75, 3.05) is 6.26 Å². The van der Waals surface area contributed by atoms with E-state index in [0.29, 0.717) is 0 Å². The molecule has 0 saturated heterocycles. The molecule has 0 nitrogen and oxygen atoms in total. The van der Waals surface area contributed by atoms with Crippen LogP contribution in [0.25, 0.3) is 0 Å². The maximum Gasteiger partial charge on any atom is 1.00 e. The fourth-order valence-electron chi connectivity index (χ4n) is 0. The van der Waals surface area contributed by atoms with Gasteiger partial charge in [0.05, 0.1) is 0 Å². The summed E-state index contributed by atoms with van der Waals surface area (Å²) in [6.45, 7) is 7.50. The van der Waals surface area contributed by atoms with Gasteiger partial charge >= 0.3 is 19.5 Å². The summed E-state index contributed by atoms with van der Waals surface area (Å²) in [7, 11) is 0. The van der Waals surface area contributed by atoms with Gasteiger partial charge in [-0.05, 0) is 13.8 Å². The minimum Gasteiger partial charge on any atom is -0.796 e. The summed E-state index contributed by atoms with van der Waals surface area (Å²) < 4.78 is 0. The van der Waals surface area contributed by atoms with E-state index in [2.05, 4.69) is 19.2 Å². The van der Waals surface area contributed by atoms with Crippen LogP contribution in [0.5, 0.6) is 0 Å². The molecule has 2 heteroatoms. The Bertz CT molecular complexity index is 31.1. The van der Waals surface area contributed by atoms with Crippen molar-refractivity contribution in [3.63, 3.8) is 0 Å². The predicted octanol–water partition coefficient (Wildman–Crippen LogP) is 1.74. The molecule has 0 N–H and O–H groups in total. The van der Waals surface area contributed by atoms with Crippen molar-refractivity contribution >= 4 is 12.6 Å². The Morgan fingerprint density at radius 2 is 1.29 bits per heavy atom. The molecule has 0 bridgehead atoms. The smallest absolute Gasteiger partial charge is 0.796 e. The first-order valence-corrected chi connectivity index (χ1v) is 2.58. The van der Waals surface area contributed by atoms with Crippen molar-refractivity contribution in [2.45, 2.75) is 13.8 Å². The molecule has 0 fully saturated rings. The van der Waals surface area contributed by atoms with E-state index in [1.807, 2.05) is 13.8 Å². The summed E-state index contributed by atoms with van der Waals surface area (Å²) in [4.78, 5) is 0. The molecule has 0 rings (SSSR count). The third kappa shape index (κ3) is 293. The van der Waals surface area contributed by atoms with E-state index in [1.54, 1.807) is 6.26 Å². The second kappa shape index (κ2) is 15.9. The summed E-state index contributed by atoms with van der Waals surface area (Å²) in [5.74, 6) is 0. The van der Waals surface area contributed by atoms with Crippen LogP contribution in [0.1, 0.15) is 13.8 Å². The normalized spacial score (nSPS) is 4.57. The molecule has 0 spiro atoms. The number of hydrogen-bond donors (Lipinski definition) is 0. The molecular weight excluding hydrogens is 193 g/mol. The van der Waals surface area contributed by atoms with Crippen LogP contribution in [-0.4, -0.2) is 6.26 Å². The van der Waals surface area contributed by atoms with Gasteiger partial charge in [0, 0.05) is 0 Å². The molecule has 0 aliphatic rings. The first kappa shape index (κ1) is 15.6. The maximum absolute atomic E-state index is 4.08. The molecule has 45 valence electrons. The zero-order chi connectivity index (χ0) is 5.58. The monoisotopic (exact) mass is 205 g/mol. The van der Waals surface area contributed by atoms with Gasteiger partial charge in [0.25, 0.3) is 0 Å². The molecule has 0 aliphatic carbocycles. The molecule has 0 heterocycles. The van der Waals surface area contributed by atoms with E-state index in [0.717, 1.165) is 0 Å². The van der Waals surface area contributed by atoms with E-state index in [-0.39, 0.29) is 19.5 Å². The van der Waals surface area contributed by atoms with Gasteiger partial charge in [-0.1, -0.05) is 5.57 Å². The van der Waals surface area contributed by atoms with E-state index in [1.165, 1.54) is 5.57 Å². The fraction of sp³-hybridized carbons (Fsp3) is 0.600. The fourth-order valence-corrected chi connectivity index (χ4v) is 0. The summed E-state index contributed by atoms with van der Waals surface area (Å²) >= 11 is 4.08. The van der Waals surface area contributed by atoms with E-state index >= 15 is 0 Å². The number of allylic oxidation sites excluding steroid dienone is 1. The van der Waals surface area contributed by atoms with Crippen molar-refractivity contribution in [3.05, 3.63) is 12.2 Å². The van der Waals surface area contributed by atoms with Crippen LogP contribution in [0, 0.1) is 0 Å². The minimum absolute atomic E-state index is 0. The Labute approximate surface area is 64.6 Å². The molecule has 0 aromatic heterocycles. The molecule has 0 unspecified atom stereocenters. The molecule has 0 aromatic carbocycles.